The highest BCUT2D eigenvalue weighted by Crippen LogP contribution is 2.62. The molecule has 4 amide bonds. The highest BCUT2D eigenvalue weighted by Gasteiger charge is 2.59. The van der Waals surface area contributed by atoms with Crippen molar-refractivity contribution in [2.45, 2.75) is 181 Å². The van der Waals surface area contributed by atoms with Crippen molar-refractivity contribution in [1.29, 1.82) is 0 Å². The van der Waals surface area contributed by atoms with Gasteiger partial charge >= 0.3 is 5.97 Å². The van der Waals surface area contributed by atoms with Gasteiger partial charge in [0.2, 0.25) is 17.7 Å². The summed E-state index contributed by atoms with van der Waals surface area (Å²) >= 11 is 0. The Balaban J connectivity index is 0.000000228. The lowest BCUT2D eigenvalue weighted by atomic mass is 9.45. The van der Waals surface area contributed by atoms with Crippen molar-refractivity contribution >= 4 is 35.3 Å². The Hall–Kier alpha value is -6.63. The number of hydrogen-bond donors (Lipinski definition) is 9. The van der Waals surface area contributed by atoms with Gasteiger partial charge in [0.25, 0.3) is 5.91 Å². The molecule has 2 heterocycles. The molecule has 528 valence electrons. The van der Waals surface area contributed by atoms with Crippen LogP contribution in [-0.4, -0.2) is 180 Å². The Morgan fingerprint density at radius 1 is 0.708 bits per heavy atom. The molecule has 12 rings (SSSR count). The van der Waals surface area contributed by atoms with Crippen LogP contribution in [0.1, 0.15) is 141 Å². The molecule has 0 spiro atoms. The van der Waals surface area contributed by atoms with Crippen LogP contribution in [0, 0.1) is 64.1 Å². The number of allylic oxidation sites excluding steroid dienone is 2. The lowest BCUT2D eigenvalue weighted by molar-refractivity contribution is -0.183. The van der Waals surface area contributed by atoms with Gasteiger partial charge in [-0.3, -0.25) is 28.9 Å². The van der Waals surface area contributed by atoms with E-state index >= 15 is 0 Å². The van der Waals surface area contributed by atoms with E-state index in [-0.39, 0.29) is 78.4 Å². The molecular weight excluding hydrogens is 1220 g/mol. The lowest BCUT2D eigenvalue weighted by Gasteiger charge is -2.62. The number of methoxy groups -OCH3 is 2. The van der Waals surface area contributed by atoms with E-state index in [0.29, 0.717) is 82.1 Å². The van der Waals surface area contributed by atoms with Crippen LogP contribution in [-0.2, 0) is 41.9 Å². The molecule has 1 unspecified atom stereocenters. The maximum absolute atomic E-state index is 14.2. The van der Waals surface area contributed by atoms with E-state index in [4.69, 9.17) is 24.9 Å². The molecule has 10 N–H and O–H groups in total. The highest BCUT2D eigenvalue weighted by atomic mass is 16.7. The zero-order chi connectivity index (χ0) is 70.3. The van der Waals surface area contributed by atoms with Crippen LogP contribution in [0.3, 0.4) is 0 Å². The fourth-order valence-electron chi connectivity index (χ4n) is 17.3. The third-order valence-electron chi connectivity index (χ3n) is 23.1. The zero-order valence-electron chi connectivity index (χ0n) is 59.2. The van der Waals surface area contributed by atoms with Gasteiger partial charge in [0.05, 0.1) is 58.3 Å². The number of amides is 4. The second kappa shape index (κ2) is 29.8. The average Bonchev–Trinajstić information content (AvgIpc) is 0.874. The molecule has 0 aromatic heterocycles. The van der Waals surface area contributed by atoms with Gasteiger partial charge in [-0.05, 0) is 134 Å². The number of nitrogens with one attached hydrogen (secondary N) is 3. The first-order valence-electron chi connectivity index (χ1n) is 34.4. The van der Waals surface area contributed by atoms with Gasteiger partial charge in [0.1, 0.15) is 41.8 Å². The number of fused-ring (bicyclic) bond motifs is 4. The molecule has 3 aromatic carbocycles. The number of ether oxygens (including phenoxy) is 2. The summed E-state index contributed by atoms with van der Waals surface area (Å²) in [6.45, 7) is 20.5. The normalized spacial score (nSPS) is 30.4. The smallest absolute Gasteiger partial charge is 0.335 e. The topological polar surface area (TPSA) is 298 Å². The predicted octanol–water partition coefficient (Wildman–Crippen LogP) is 7.02. The average molecular weight is 1330 g/mol. The number of para-hydroxylation sites is 2. The van der Waals surface area contributed by atoms with Gasteiger partial charge in [0, 0.05) is 97.2 Å². The van der Waals surface area contributed by atoms with Crippen LogP contribution in [0.4, 0.5) is 5.69 Å². The van der Waals surface area contributed by atoms with Crippen LogP contribution < -0.4 is 36.1 Å². The Morgan fingerprint density at radius 3 is 1.62 bits per heavy atom. The van der Waals surface area contributed by atoms with Crippen molar-refractivity contribution in [2.24, 2.45) is 69.8 Å². The summed E-state index contributed by atoms with van der Waals surface area (Å²) < 4.78 is 12.0. The van der Waals surface area contributed by atoms with Crippen LogP contribution >= 0.6 is 0 Å². The van der Waals surface area contributed by atoms with Crippen LogP contribution in [0.2, 0.25) is 0 Å². The summed E-state index contributed by atoms with van der Waals surface area (Å²) in [6, 6.07) is 14.4. The van der Waals surface area contributed by atoms with Gasteiger partial charge < -0.3 is 66.5 Å². The maximum Gasteiger partial charge on any atom is 0.335 e. The van der Waals surface area contributed by atoms with E-state index in [1.54, 1.807) is 62.5 Å². The number of carboxylic acids is 1. The number of rotatable bonds is 24. The number of benzene rings is 3. The monoisotopic (exact) mass is 1330 g/mol. The Bertz CT molecular complexity index is 3380. The summed E-state index contributed by atoms with van der Waals surface area (Å²) in [5.41, 5.74) is 12.1. The second-order valence-electron chi connectivity index (χ2n) is 30.5. The van der Waals surface area contributed by atoms with Crippen molar-refractivity contribution < 1.29 is 68.7 Å². The number of carbonyl (C=O) groups excluding carboxylic acids is 4. The predicted molar refractivity (Wildman–Crippen MR) is 366 cm³/mol. The fraction of sp³-hybridized carbons (Fsp3) is 0.635. The van der Waals surface area contributed by atoms with E-state index in [1.165, 1.54) is 12.8 Å². The van der Waals surface area contributed by atoms with E-state index in [1.807, 2.05) is 94.3 Å². The molecule has 2 aliphatic heterocycles. The maximum atomic E-state index is 14.2. The molecule has 7 aliphatic carbocycles. The molecule has 18 atom stereocenters. The number of aliphatic carboxylic acids is 1. The largest absolute Gasteiger partial charge is 0.496 e. The number of aliphatic hydroxyl groups excluding tert-OH is 4. The molecule has 3 aromatic rings. The lowest BCUT2D eigenvalue weighted by Crippen LogP contribution is -2.62. The van der Waals surface area contributed by atoms with E-state index in [0.717, 1.165) is 35.4 Å². The number of nitrogens with two attached hydrogens (primary N) is 1. The number of hydroxylamine groups is 4. The van der Waals surface area contributed by atoms with Crippen LogP contribution in [0.25, 0.3) is 11.1 Å². The Labute approximate surface area is 567 Å². The standard InChI is InChI=1S/C40H59N5O7.C34H49N3O7/c1-21(2)13-32(37(41)48)43-38(49)26-14-25(15-28(16-26)44(7)8)29-12-10-11-24(36(29)51-9)19-45-35(34(23(4)47)33(20-46)52-45)39(50)42-31-18-27-17-30(22(31)3)40(27,5)6;1-18-26-14-23(34(26,3)4)15-27(18)35-32(40)30-29(19(2)39)28(17-38)44-37(30)16-20-9-8-10-25(31(20)43-7)21-11-22(33(41)42)13-24(12-21)36(5)6/h10-12,14-16,21-23,27,30-35,46-47H,13,17-20H2,1-9H3,(H2,41,48)(H,42,50)(H,43,49);8-11,13,18-19,21,23,26-30,38-39H,12,14-17H2,1-7H3,(H,35,40)(H,41,42)/t22-,23-,27+,30-,31-,32-,33-,34+,35-;18-,19-,21?,23+,26-,27-,28-,29+,30-/m00/s1. The van der Waals surface area contributed by atoms with Gasteiger partial charge in [-0.25, -0.2) is 4.79 Å². The number of carbonyl (C=O) groups is 5. The summed E-state index contributed by atoms with van der Waals surface area (Å²) in [5.74, 6) is 0.173. The molecular formula is C74H108N8O14. The van der Waals surface area contributed by atoms with Gasteiger partial charge in [-0.2, -0.15) is 10.1 Å². The highest BCUT2D eigenvalue weighted by molar-refractivity contribution is 5.99. The number of nitrogens with zero attached hydrogens (tertiary/aromatic N) is 4. The van der Waals surface area contributed by atoms with Gasteiger partial charge in [0.15, 0.2) is 0 Å². The second-order valence-corrected chi connectivity index (χ2v) is 30.5. The quantitative estimate of drug-likeness (QED) is 0.0435. The van der Waals surface area contributed by atoms with E-state index in [9.17, 15) is 49.5 Å². The van der Waals surface area contributed by atoms with Crippen molar-refractivity contribution in [1.82, 2.24) is 31.0 Å². The van der Waals surface area contributed by atoms with Gasteiger partial charge in [-0.15, -0.1) is 0 Å². The summed E-state index contributed by atoms with van der Waals surface area (Å²) in [7, 11) is 10.7. The Kier molecular flexibility index (Phi) is 22.9. The number of hydrogen-bond acceptors (Lipinski definition) is 17. The van der Waals surface area contributed by atoms with Crippen molar-refractivity contribution in [2.75, 3.05) is 60.5 Å². The number of carboxylic acid groups (broad SMARTS) is 1. The molecule has 96 heavy (non-hydrogen) atoms. The molecule has 22 heteroatoms. The summed E-state index contributed by atoms with van der Waals surface area (Å²) in [5, 5.41) is 64.6. The minimum atomic E-state index is -0.990. The molecule has 2 saturated heterocycles. The van der Waals surface area contributed by atoms with Crippen molar-refractivity contribution in [3.63, 3.8) is 0 Å². The third kappa shape index (κ3) is 14.9. The minimum absolute atomic E-state index is 0.0193. The number of aliphatic hydroxyl groups is 4. The fourth-order valence-corrected chi connectivity index (χ4v) is 17.3. The van der Waals surface area contributed by atoms with E-state index < -0.39 is 72.2 Å². The first kappa shape index (κ1) is 73.6. The number of primary amides is 1. The first-order valence-corrected chi connectivity index (χ1v) is 34.4. The molecule has 8 fully saturated rings. The molecule has 22 nitrogen and oxygen atoms in total. The summed E-state index contributed by atoms with van der Waals surface area (Å²) in [4.78, 5) is 82.2. The Morgan fingerprint density at radius 2 is 1.21 bits per heavy atom. The zero-order valence-corrected chi connectivity index (χ0v) is 59.2. The van der Waals surface area contributed by atoms with Crippen molar-refractivity contribution in [3.8, 4) is 22.6 Å². The van der Waals surface area contributed by atoms with Crippen LogP contribution in [0.5, 0.6) is 11.5 Å². The summed E-state index contributed by atoms with van der Waals surface area (Å²) in [6.07, 6.45) is 5.36. The van der Waals surface area contributed by atoms with Gasteiger partial charge in [-0.1, -0.05) is 97.9 Å². The molecule has 4 bridgehead atoms. The number of anilines is 1. The SMILES string of the molecule is COc1c(CN2O[C@@H](CO)[C@@H]([C@H](C)O)[C@H]2C(=O)N[C@H]2C[C@H]3C[C@@H]([C@@H]2C)C3(C)C)cccc1-c1cc(C(=O)N[C@@H](CC(C)C)C(N)=O)cc(N(C)C)c1.COc1c(CN2O[C@@H](CO)[C@@H]([C@H](C)O)[C@H]2C(=O)N[C@H]2C[C@H]3C[C@@H]([C@@H]2C)C3(C)C)cccc1C1C=C(C(=O)O)C=C(N(C)C)C1. The molecule has 6 saturated carbocycles. The van der Waals surface area contributed by atoms with Crippen LogP contribution in [0.15, 0.2) is 78.0 Å². The third-order valence-corrected chi connectivity index (χ3v) is 23.1. The molecule has 9 aliphatic rings. The van der Waals surface area contributed by atoms with E-state index in [2.05, 4.69) is 57.5 Å². The van der Waals surface area contributed by atoms with Crippen molar-refractivity contribution in [3.05, 3.63) is 100 Å². The first-order chi connectivity index (χ1) is 45.2. The molecule has 0 radical (unpaired) electrons. The minimum Gasteiger partial charge on any atom is -0.496 e.